The highest BCUT2D eigenvalue weighted by atomic mass is 19.4. The zero-order valence-electron chi connectivity index (χ0n) is 21.8. The molecule has 4 N–H and O–H groups in total. The van der Waals surface area contributed by atoms with Crippen LogP contribution in [0.3, 0.4) is 0 Å². The number of amides is 1. The molecule has 1 aromatic heterocycles. The van der Waals surface area contributed by atoms with Gasteiger partial charge in [-0.3, -0.25) is 4.79 Å². The SMILES string of the molecule is CC.CCc1ccc(C)cc1Nc1ncc(C(F)(F)F)c(NCCCN2CCOCCC2=O)n1.CN. The van der Waals surface area contributed by atoms with Gasteiger partial charge in [0.25, 0.3) is 0 Å². The van der Waals surface area contributed by atoms with Crippen molar-refractivity contribution in [1.29, 1.82) is 0 Å². The first-order valence-corrected chi connectivity index (χ1v) is 12.3. The molecule has 0 unspecified atom stereocenters. The van der Waals surface area contributed by atoms with Gasteiger partial charge in [0.15, 0.2) is 0 Å². The number of nitrogens with one attached hydrogen (secondary N) is 2. The van der Waals surface area contributed by atoms with Crippen molar-refractivity contribution < 1.29 is 22.7 Å². The minimum atomic E-state index is -4.59. The van der Waals surface area contributed by atoms with Gasteiger partial charge in [-0.2, -0.15) is 18.2 Å². The Morgan fingerprint density at radius 2 is 1.92 bits per heavy atom. The summed E-state index contributed by atoms with van der Waals surface area (Å²) < 4.78 is 45.7. The molecule has 1 aliphatic heterocycles. The van der Waals surface area contributed by atoms with Crippen molar-refractivity contribution in [1.82, 2.24) is 14.9 Å². The van der Waals surface area contributed by atoms with E-state index in [4.69, 9.17) is 4.74 Å². The molecule has 202 valence electrons. The molecule has 1 aliphatic rings. The number of carbonyl (C=O) groups is 1. The van der Waals surface area contributed by atoms with Gasteiger partial charge in [0.1, 0.15) is 11.4 Å². The molecule has 3 rings (SSSR count). The average molecular weight is 513 g/mol. The second-order valence-electron chi connectivity index (χ2n) is 7.62. The number of ether oxygens (including phenoxy) is 1. The van der Waals surface area contributed by atoms with E-state index in [0.717, 1.165) is 29.4 Å². The van der Waals surface area contributed by atoms with Crippen LogP contribution in [0.15, 0.2) is 24.4 Å². The Hall–Kier alpha value is -2.92. The fourth-order valence-electron chi connectivity index (χ4n) is 3.45. The maximum absolute atomic E-state index is 13.5. The molecule has 0 aliphatic carbocycles. The van der Waals surface area contributed by atoms with E-state index >= 15 is 0 Å². The topological polar surface area (TPSA) is 105 Å². The molecule has 1 fully saturated rings. The zero-order valence-corrected chi connectivity index (χ0v) is 21.8. The quantitative estimate of drug-likeness (QED) is 0.438. The predicted molar refractivity (Wildman–Crippen MR) is 137 cm³/mol. The summed E-state index contributed by atoms with van der Waals surface area (Å²) in [5.74, 6) is -0.205. The number of aromatic nitrogens is 2. The molecule has 0 saturated carbocycles. The lowest BCUT2D eigenvalue weighted by Crippen LogP contribution is -2.33. The lowest BCUT2D eigenvalue weighted by atomic mass is 10.1. The smallest absolute Gasteiger partial charge is 0.379 e. The van der Waals surface area contributed by atoms with E-state index in [-0.39, 0.29) is 24.2 Å². The highest BCUT2D eigenvalue weighted by molar-refractivity contribution is 5.76. The minimum absolute atomic E-state index is 0.00288. The van der Waals surface area contributed by atoms with Crippen LogP contribution in [-0.2, 0) is 22.1 Å². The number of carbonyl (C=O) groups excluding carboxylic acids is 1. The monoisotopic (exact) mass is 512 g/mol. The number of anilines is 3. The van der Waals surface area contributed by atoms with Crippen LogP contribution in [0.4, 0.5) is 30.6 Å². The van der Waals surface area contributed by atoms with Gasteiger partial charge in [-0.1, -0.05) is 32.9 Å². The van der Waals surface area contributed by atoms with E-state index in [1.165, 1.54) is 7.05 Å². The molecule has 11 heteroatoms. The molecule has 1 amide bonds. The van der Waals surface area contributed by atoms with Crippen LogP contribution in [0.2, 0.25) is 0 Å². The van der Waals surface area contributed by atoms with Crippen molar-refractivity contribution >= 4 is 23.4 Å². The Bertz CT molecular complexity index is 940. The lowest BCUT2D eigenvalue weighted by Gasteiger charge is -2.20. The maximum Gasteiger partial charge on any atom is 0.421 e. The van der Waals surface area contributed by atoms with Gasteiger partial charge in [0, 0.05) is 31.5 Å². The third kappa shape index (κ3) is 9.62. The van der Waals surface area contributed by atoms with Gasteiger partial charge in [0.2, 0.25) is 11.9 Å². The van der Waals surface area contributed by atoms with Crippen molar-refractivity contribution in [3.8, 4) is 0 Å². The Morgan fingerprint density at radius 1 is 1.19 bits per heavy atom. The Morgan fingerprint density at radius 3 is 2.58 bits per heavy atom. The summed E-state index contributed by atoms with van der Waals surface area (Å²) >= 11 is 0. The van der Waals surface area contributed by atoms with Gasteiger partial charge >= 0.3 is 6.18 Å². The molecular formula is C25H39F3N6O2. The molecule has 1 aromatic carbocycles. The van der Waals surface area contributed by atoms with Crippen molar-refractivity contribution in [2.24, 2.45) is 5.73 Å². The van der Waals surface area contributed by atoms with Crippen LogP contribution in [0.25, 0.3) is 0 Å². The molecule has 0 atom stereocenters. The highest BCUT2D eigenvalue weighted by Crippen LogP contribution is 2.34. The van der Waals surface area contributed by atoms with Crippen molar-refractivity contribution in [2.45, 2.75) is 53.1 Å². The van der Waals surface area contributed by atoms with Gasteiger partial charge in [-0.25, -0.2) is 4.98 Å². The summed E-state index contributed by atoms with van der Waals surface area (Å²) in [6.07, 6.45) is -2.24. The van der Waals surface area contributed by atoms with Crippen LogP contribution >= 0.6 is 0 Å². The first-order valence-electron chi connectivity index (χ1n) is 12.3. The molecule has 0 spiro atoms. The molecular weight excluding hydrogens is 473 g/mol. The van der Waals surface area contributed by atoms with E-state index in [1.807, 2.05) is 45.9 Å². The van der Waals surface area contributed by atoms with Crippen molar-refractivity contribution in [3.63, 3.8) is 0 Å². The van der Waals surface area contributed by atoms with Crippen molar-refractivity contribution in [2.75, 3.05) is 50.5 Å². The Labute approximate surface area is 211 Å². The second kappa shape index (κ2) is 15.9. The van der Waals surface area contributed by atoms with Gasteiger partial charge in [-0.15, -0.1) is 0 Å². The fourth-order valence-corrected chi connectivity index (χ4v) is 3.45. The summed E-state index contributed by atoms with van der Waals surface area (Å²) in [4.78, 5) is 21.7. The van der Waals surface area contributed by atoms with E-state index < -0.39 is 11.7 Å². The molecule has 2 aromatic rings. The third-order valence-corrected chi connectivity index (χ3v) is 5.20. The number of aryl methyl sites for hydroxylation is 2. The largest absolute Gasteiger partial charge is 0.421 e. The second-order valence-corrected chi connectivity index (χ2v) is 7.62. The number of alkyl halides is 3. The highest BCUT2D eigenvalue weighted by Gasteiger charge is 2.35. The Kier molecular flexibility index (Phi) is 13.8. The lowest BCUT2D eigenvalue weighted by molar-refractivity contribution is -0.137. The minimum Gasteiger partial charge on any atom is -0.379 e. The van der Waals surface area contributed by atoms with E-state index in [0.29, 0.717) is 39.1 Å². The number of rotatable bonds is 8. The predicted octanol–water partition coefficient (Wildman–Crippen LogP) is 4.76. The Balaban J connectivity index is 0.00000154. The number of nitrogens with zero attached hydrogens (tertiary/aromatic N) is 3. The number of hydrogen-bond donors (Lipinski definition) is 3. The van der Waals surface area contributed by atoms with Crippen LogP contribution in [0.1, 0.15) is 50.3 Å². The molecule has 1 saturated heterocycles. The number of benzene rings is 1. The van der Waals surface area contributed by atoms with Crippen LogP contribution in [0.5, 0.6) is 0 Å². The molecule has 8 nitrogen and oxygen atoms in total. The van der Waals surface area contributed by atoms with Crippen molar-refractivity contribution in [3.05, 3.63) is 41.1 Å². The van der Waals surface area contributed by atoms with Crippen LogP contribution in [-0.4, -0.2) is 60.7 Å². The number of hydrogen-bond acceptors (Lipinski definition) is 7. The summed E-state index contributed by atoms with van der Waals surface area (Å²) in [5, 5.41) is 5.82. The van der Waals surface area contributed by atoms with Gasteiger partial charge in [0.05, 0.1) is 19.6 Å². The average Bonchev–Trinajstić information content (AvgIpc) is 3.07. The summed E-state index contributed by atoms with van der Waals surface area (Å²) in [6.45, 7) is 9.97. The summed E-state index contributed by atoms with van der Waals surface area (Å²) in [5.41, 5.74) is 6.37. The third-order valence-electron chi connectivity index (χ3n) is 5.20. The molecule has 36 heavy (non-hydrogen) atoms. The summed E-state index contributed by atoms with van der Waals surface area (Å²) in [7, 11) is 1.50. The molecule has 2 heterocycles. The standard InChI is InChI=1S/C22H28F3N5O2.C2H6.CH5N/c1-3-16-6-5-15(2)13-18(16)28-21-27-14-17(22(23,24)25)20(29-21)26-8-4-9-30-10-12-32-11-7-19(30)31;2*1-2/h5-6,13-14H,3-4,7-12H2,1-2H3,(H2,26,27,28,29);1-2H3;2H2,1H3. The van der Waals surface area contributed by atoms with Gasteiger partial charge < -0.3 is 26.0 Å². The van der Waals surface area contributed by atoms with Gasteiger partial charge in [-0.05, 0) is 44.0 Å². The normalized spacial score (nSPS) is 13.6. The molecule has 0 bridgehead atoms. The zero-order chi connectivity index (χ0) is 27.1. The first kappa shape index (κ1) is 31.1. The van der Waals surface area contributed by atoms with Crippen LogP contribution < -0.4 is 16.4 Å². The summed E-state index contributed by atoms with van der Waals surface area (Å²) in [6, 6.07) is 5.86. The first-order chi connectivity index (χ1) is 17.3. The van der Waals surface area contributed by atoms with E-state index in [2.05, 4.69) is 26.3 Å². The number of nitrogens with two attached hydrogens (primary N) is 1. The van der Waals surface area contributed by atoms with E-state index in [9.17, 15) is 18.0 Å². The fraction of sp³-hybridized carbons (Fsp3) is 0.560. The van der Waals surface area contributed by atoms with Crippen LogP contribution in [0, 0.1) is 6.92 Å². The number of halogens is 3. The maximum atomic E-state index is 13.5. The molecule has 0 radical (unpaired) electrons. The van der Waals surface area contributed by atoms with E-state index in [1.54, 1.807) is 4.90 Å².